The third kappa shape index (κ3) is 2.59. The second kappa shape index (κ2) is 5.38. The highest BCUT2D eigenvalue weighted by atomic mass is 19.1. The Morgan fingerprint density at radius 3 is 2.68 bits per heavy atom. The molecule has 0 amide bonds. The van der Waals surface area contributed by atoms with Crippen molar-refractivity contribution in [1.29, 1.82) is 0 Å². The Bertz CT molecular complexity index is 582. The Morgan fingerprint density at radius 2 is 2.21 bits per heavy atom. The fraction of sp³-hybridized carbons (Fsp3) is 0.308. The standard InChI is InChI=1S/C13H17FN4O/c1-8-10(7-18(2)17-8)13(16-15)9-4-5-12(19-3)11(14)6-9/h4-7,13,16H,15H2,1-3H3. The number of hydrazine groups is 1. The van der Waals surface area contributed by atoms with Crippen molar-refractivity contribution in [2.45, 2.75) is 13.0 Å². The Kier molecular flexibility index (Phi) is 3.82. The molecule has 1 atom stereocenters. The number of benzene rings is 1. The number of aryl methyl sites for hydroxylation is 2. The molecule has 0 fully saturated rings. The van der Waals surface area contributed by atoms with Crippen LogP contribution < -0.4 is 16.0 Å². The lowest BCUT2D eigenvalue weighted by Gasteiger charge is -2.16. The third-order valence-corrected chi connectivity index (χ3v) is 3.04. The lowest BCUT2D eigenvalue weighted by Crippen LogP contribution is -2.29. The molecule has 1 unspecified atom stereocenters. The van der Waals surface area contributed by atoms with Crippen LogP contribution in [-0.2, 0) is 7.05 Å². The van der Waals surface area contributed by atoms with Gasteiger partial charge in [0.2, 0.25) is 0 Å². The van der Waals surface area contributed by atoms with Crippen LogP contribution in [0.25, 0.3) is 0 Å². The average Bonchev–Trinajstić information content (AvgIpc) is 2.70. The molecule has 1 aromatic heterocycles. The predicted molar refractivity (Wildman–Crippen MR) is 70.1 cm³/mol. The molecule has 2 rings (SSSR count). The van der Waals surface area contributed by atoms with E-state index in [1.165, 1.54) is 13.2 Å². The van der Waals surface area contributed by atoms with Gasteiger partial charge >= 0.3 is 0 Å². The molecule has 0 bridgehead atoms. The first-order valence-corrected chi connectivity index (χ1v) is 5.86. The molecule has 0 aliphatic carbocycles. The molecule has 0 radical (unpaired) electrons. The van der Waals surface area contributed by atoms with Crippen molar-refractivity contribution in [2.75, 3.05) is 7.11 Å². The average molecular weight is 264 g/mol. The Balaban J connectivity index is 2.42. The van der Waals surface area contributed by atoms with E-state index in [1.807, 2.05) is 20.2 Å². The molecule has 5 nitrogen and oxygen atoms in total. The molecule has 3 N–H and O–H groups in total. The predicted octanol–water partition coefficient (Wildman–Crippen LogP) is 1.43. The molecule has 6 heteroatoms. The Hall–Kier alpha value is -1.92. The summed E-state index contributed by atoms with van der Waals surface area (Å²) in [7, 11) is 3.26. The first kappa shape index (κ1) is 13.5. The van der Waals surface area contributed by atoms with E-state index in [1.54, 1.807) is 16.8 Å². The summed E-state index contributed by atoms with van der Waals surface area (Å²) < 4.78 is 20.4. The van der Waals surface area contributed by atoms with E-state index in [2.05, 4.69) is 10.5 Å². The van der Waals surface area contributed by atoms with Gasteiger partial charge in [-0.15, -0.1) is 0 Å². The topological polar surface area (TPSA) is 65.1 Å². The lowest BCUT2D eigenvalue weighted by atomic mass is 10.00. The highest BCUT2D eigenvalue weighted by Gasteiger charge is 2.18. The monoisotopic (exact) mass is 264 g/mol. The van der Waals surface area contributed by atoms with Crippen LogP contribution in [0.5, 0.6) is 5.75 Å². The van der Waals surface area contributed by atoms with E-state index < -0.39 is 5.82 Å². The van der Waals surface area contributed by atoms with Crippen LogP contribution in [0.15, 0.2) is 24.4 Å². The zero-order chi connectivity index (χ0) is 14.0. The quantitative estimate of drug-likeness (QED) is 0.647. The largest absolute Gasteiger partial charge is 0.494 e. The molecule has 0 saturated heterocycles. The number of aromatic nitrogens is 2. The number of nitrogens with one attached hydrogen (secondary N) is 1. The highest BCUT2D eigenvalue weighted by molar-refractivity contribution is 5.37. The van der Waals surface area contributed by atoms with Gasteiger partial charge in [0.15, 0.2) is 11.6 Å². The summed E-state index contributed by atoms with van der Waals surface area (Å²) in [5, 5.41) is 4.26. The normalized spacial score (nSPS) is 12.5. The van der Waals surface area contributed by atoms with Gasteiger partial charge in [0.1, 0.15) is 0 Å². The fourth-order valence-electron chi connectivity index (χ4n) is 2.13. The number of hydrogen-bond acceptors (Lipinski definition) is 4. The van der Waals surface area contributed by atoms with Crippen molar-refractivity contribution in [2.24, 2.45) is 12.9 Å². The summed E-state index contributed by atoms with van der Waals surface area (Å²) >= 11 is 0. The van der Waals surface area contributed by atoms with E-state index >= 15 is 0 Å². The SMILES string of the molecule is COc1ccc(C(NN)c2cn(C)nc2C)cc1F. The minimum Gasteiger partial charge on any atom is -0.494 e. The van der Waals surface area contributed by atoms with Gasteiger partial charge in [-0.3, -0.25) is 10.5 Å². The summed E-state index contributed by atoms with van der Waals surface area (Å²) in [5.74, 6) is 5.39. The molecular formula is C13H17FN4O. The van der Waals surface area contributed by atoms with Crippen molar-refractivity contribution in [3.05, 3.63) is 47.0 Å². The van der Waals surface area contributed by atoms with Crippen LogP contribution in [0.1, 0.15) is 22.9 Å². The summed E-state index contributed by atoms with van der Waals surface area (Å²) in [6.45, 7) is 1.89. The number of nitrogens with zero attached hydrogens (tertiary/aromatic N) is 2. The van der Waals surface area contributed by atoms with Crippen LogP contribution in [-0.4, -0.2) is 16.9 Å². The van der Waals surface area contributed by atoms with Gasteiger partial charge in [0.05, 0.1) is 18.8 Å². The number of rotatable bonds is 4. The minimum absolute atomic E-state index is 0.211. The van der Waals surface area contributed by atoms with E-state index in [-0.39, 0.29) is 11.8 Å². The van der Waals surface area contributed by atoms with Gasteiger partial charge in [-0.1, -0.05) is 6.07 Å². The molecule has 2 aromatic rings. The van der Waals surface area contributed by atoms with Crippen LogP contribution in [0, 0.1) is 12.7 Å². The van der Waals surface area contributed by atoms with E-state index in [0.29, 0.717) is 0 Å². The van der Waals surface area contributed by atoms with Crippen molar-refractivity contribution >= 4 is 0 Å². The highest BCUT2D eigenvalue weighted by Crippen LogP contribution is 2.27. The lowest BCUT2D eigenvalue weighted by molar-refractivity contribution is 0.385. The summed E-state index contributed by atoms with van der Waals surface area (Å²) in [5.41, 5.74) is 5.17. The Morgan fingerprint density at radius 1 is 1.47 bits per heavy atom. The smallest absolute Gasteiger partial charge is 0.165 e. The van der Waals surface area contributed by atoms with Crippen molar-refractivity contribution in [1.82, 2.24) is 15.2 Å². The van der Waals surface area contributed by atoms with Gasteiger partial charge in [-0.25, -0.2) is 9.82 Å². The van der Waals surface area contributed by atoms with Crippen LogP contribution in [0.4, 0.5) is 4.39 Å². The summed E-state index contributed by atoms with van der Waals surface area (Å²) in [4.78, 5) is 0. The maximum Gasteiger partial charge on any atom is 0.165 e. The van der Waals surface area contributed by atoms with Crippen molar-refractivity contribution in [3.8, 4) is 5.75 Å². The fourth-order valence-corrected chi connectivity index (χ4v) is 2.13. The summed E-state index contributed by atoms with van der Waals surface area (Å²) in [6, 6.07) is 4.46. The molecule has 1 heterocycles. The van der Waals surface area contributed by atoms with Gasteiger partial charge in [-0.2, -0.15) is 5.10 Å². The molecule has 102 valence electrons. The first-order valence-electron chi connectivity index (χ1n) is 5.86. The molecule has 0 aliphatic rings. The summed E-state index contributed by atoms with van der Waals surface area (Å²) in [6.07, 6.45) is 1.86. The molecular weight excluding hydrogens is 247 g/mol. The minimum atomic E-state index is -0.415. The molecule has 0 saturated carbocycles. The third-order valence-electron chi connectivity index (χ3n) is 3.04. The number of hydrogen-bond donors (Lipinski definition) is 2. The number of halogens is 1. The molecule has 19 heavy (non-hydrogen) atoms. The maximum absolute atomic E-state index is 13.8. The van der Waals surface area contributed by atoms with Gasteiger partial charge in [-0.05, 0) is 24.6 Å². The van der Waals surface area contributed by atoms with Crippen LogP contribution in [0.2, 0.25) is 0 Å². The van der Waals surface area contributed by atoms with Crippen molar-refractivity contribution in [3.63, 3.8) is 0 Å². The second-order valence-corrected chi connectivity index (χ2v) is 4.34. The molecule has 0 spiro atoms. The Labute approximate surface area is 111 Å². The number of ether oxygens (including phenoxy) is 1. The van der Waals surface area contributed by atoms with E-state index in [4.69, 9.17) is 10.6 Å². The number of nitrogens with two attached hydrogens (primary N) is 1. The first-order chi connectivity index (χ1) is 9.06. The van der Waals surface area contributed by atoms with Crippen molar-refractivity contribution < 1.29 is 9.13 Å². The second-order valence-electron chi connectivity index (χ2n) is 4.34. The van der Waals surface area contributed by atoms with Crippen LogP contribution >= 0.6 is 0 Å². The van der Waals surface area contributed by atoms with E-state index in [9.17, 15) is 4.39 Å². The zero-order valence-corrected chi connectivity index (χ0v) is 11.1. The van der Waals surface area contributed by atoms with E-state index in [0.717, 1.165) is 16.8 Å². The van der Waals surface area contributed by atoms with Gasteiger partial charge in [0.25, 0.3) is 0 Å². The zero-order valence-electron chi connectivity index (χ0n) is 11.1. The molecule has 1 aromatic carbocycles. The molecule has 0 aliphatic heterocycles. The van der Waals surface area contributed by atoms with Crippen LogP contribution in [0.3, 0.4) is 0 Å². The van der Waals surface area contributed by atoms with Gasteiger partial charge in [0, 0.05) is 18.8 Å². The maximum atomic E-state index is 13.8. The van der Waals surface area contributed by atoms with Gasteiger partial charge < -0.3 is 4.74 Å². The number of methoxy groups -OCH3 is 1.